The van der Waals surface area contributed by atoms with Crippen molar-refractivity contribution in [1.82, 2.24) is 0 Å². The van der Waals surface area contributed by atoms with Crippen LogP contribution in [0.25, 0.3) is 11.0 Å². The van der Waals surface area contributed by atoms with Crippen molar-refractivity contribution < 1.29 is 4.42 Å². The highest BCUT2D eigenvalue weighted by Crippen LogP contribution is 2.21. The van der Waals surface area contributed by atoms with Crippen molar-refractivity contribution >= 4 is 11.0 Å². The number of fused-ring (bicyclic) bond motifs is 1. The van der Waals surface area contributed by atoms with Gasteiger partial charge in [0, 0.05) is 11.8 Å². The van der Waals surface area contributed by atoms with Crippen LogP contribution in [0.15, 0.2) is 28.7 Å². The molecule has 14 heavy (non-hydrogen) atoms. The Morgan fingerprint density at radius 2 is 2.07 bits per heavy atom. The molecule has 0 fully saturated rings. The number of hydrogen-bond donors (Lipinski definition) is 0. The number of hydrogen-bond acceptors (Lipinski definition) is 1. The van der Waals surface area contributed by atoms with E-state index in [1.54, 1.807) is 0 Å². The van der Waals surface area contributed by atoms with Crippen LogP contribution in [0, 0.1) is 6.92 Å². The zero-order chi connectivity index (χ0) is 9.97. The van der Waals surface area contributed by atoms with Gasteiger partial charge in [-0.15, -0.1) is 0 Å². The Hall–Kier alpha value is -1.24. The molecule has 0 spiro atoms. The number of benzene rings is 1. The van der Waals surface area contributed by atoms with Crippen molar-refractivity contribution in [3.8, 4) is 0 Å². The first-order valence-electron chi connectivity index (χ1n) is 5.28. The topological polar surface area (TPSA) is 13.1 Å². The molecule has 2 rings (SSSR count). The lowest BCUT2D eigenvalue weighted by molar-refractivity contribution is 0.536. The first-order chi connectivity index (χ1) is 6.79. The molecule has 74 valence electrons. The summed E-state index contributed by atoms with van der Waals surface area (Å²) in [6, 6.07) is 8.49. The van der Waals surface area contributed by atoms with Crippen molar-refractivity contribution in [2.75, 3.05) is 0 Å². The highest BCUT2D eigenvalue weighted by Gasteiger charge is 2.02. The summed E-state index contributed by atoms with van der Waals surface area (Å²) in [7, 11) is 0. The third-order valence-corrected chi connectivity index (χ3v) is 2.50. The van der Waals surface area contributed by atoms with E-state index < -0.39 is 0 Å². The van der Waals surface area contributed by atoms with E-state index in [4.69, 9.17) is 4.42 Å². The molecule has 0 aliphatic rings. The molecule has 0 saturated carbocycles. The van der Waals surface area contributed by atoms with E-state index in [0.29, 0.717) is 0 Å². The fourth-order valence-corrected chi connectivity index (χ4v) is 1.69. The van der Waals surface area contributed by atoms with Crippen LogP contribution in [0.3, 0.4) is 0 Å². The van der Waals surface area contributed by atoms with E-state index in [2.05, 4.69) is 38.1 Å². The van der Waals surface area contributed by atoms with Crippen molar-refractivity contribution in [1.29, 1.82) is 0 Å². The standard InChI is InChI=1S/C13H16O/c1-3-4-5-12-9-11-8-10(2)6-7-13(11)14-12/h6-9H,3-5H2,1-2H3. The second kappa shape index (κ2) is 3.87. The van der Waals surface area contributed by atoms with Crippen LogP contribution < -0.4 is 0 Å². The SMILES string of the molecule is CCCCc1cc2cc(C)ccc2o1. The smallest absolute Gasteiger partial charge is 0.134 e. The molecular weight excluding hydrogens is 172 g/mol. The summed E-state index contributed by atoms with van der Waals surface area (Å²) in [6.45, 7) is 4.31. The van der Waals surface area contributed by atoms with E-state index in [9.17, 15) is 0 Å². The van der Waals surface area contributed by atoms with Gasteiger partial charge in [0.1, 0.15) is 11.3 Å². The molecule has 0 bridgehead atoms. The minimum Gasteiger partial charge on any atom is -0.461 e. The molecule has 0 amide bonds. The van der Waals surface area contributed by atoms with E-state index in [-0.39, 0.29) is 0 Å². The number of aryl methyl sites for hydroxylation is 2. The van der Waals surface area contributed by atoms with Gasteiger partial charge in [-0.2, -0.15) is 0 Å². The molecule has 0 N–H and O–H groups in total. The molecule has 0 aliphatic carbocycles. The molecule has 2 aromatic rings. The maximum atomic E-state index is 5.73. The Kier molecular flexibility index (Phi) is 2.58. The monoisotopic (exact) mass is 188 g/mol. The van der Waals surface area contributed by atoms with Gasteiger partial charge in [-0.05, 0) is 31.5 Å². The van der Waals surface area contributed by atoms with Gasteiger partial charge in [0.05, 0.1) is 0 Å². The van der Waals surface area contributed by atoms with Crippen LogP contribution in [0.5, 0.6) is 0 Å². The van der Waals surface area contributed by atoms with Gasteiger partial charge < -0.3 is 4.42 Å². The summed E-state index contributed by atoms with van der Waals surface area (Å²) in [5.41, 5.74) is 2.31. The molecule has 1 aromatic heterocycles. The van der Waals surface area contributed by atoms with Crippen LogP contribution in [-0.4, -0.2) is 0 Å². The summed E-state index contributed by atoms with van der Waals surface area (Å²) in [5.74, 6) is 1.12. The molecule has 0 saturated heterocycles. The fourth-order valence-electron chi connectivity index (χ4n) is 1.69. The van der Waals surface area contributed by atoms with E-state index in [1.807, 2.05) is 0 Å². The van der Waals surface area contributed by atoms with Gasteiger partial charge in [0.2, 0.25) is 0 Å². The number of rotatable bonds is 3. The average Bonchev–Trinajstić information content (AvgIpc) is 2.56. The Morgan fingerprint density at radius 1 is 1.21 bits per heavy atom. The van der Waals surface area contributed by atoms with Crippen LogP contribution in [-0.2, 0) is 6.42 Å². The zero-order valence-electron chi connectivity index (χ0n) is 8.84. The van der Waals surface area contributed by atoms with Gasteiger partial charge in [-0.25, -0.2) is 0 Å². The van der Waals surface area contributed by atoms with E-state index >= 15 is 0 Å². The summed E-state index contributed by atoms with van der Waals surface area (Å²) in [6.07, 6.45) is 3.49. The minimum absolute atomic E-state index is 1.02. The molecular formula is C13H16O. The Labute approximate surface area is 84.7 Å². The molecule has 0 aliphatic heterocycles. The second-order valence-corrected chi connectivity index (χ2v) is 3.86. The first-order valence-corrected chi connectivity index (χ1v) is 5.28. The summed E-state index contributed by atoms with van der Waals surface area (Å²) < 4.78 is 5.73. The lowest BCUT2D eigenvalue weighted by Gasteiger charge is -1.91. The Bertz CT molecular complexity index is 426. The molecule has 1 aromatic carbocycles. The Morgan fingerprint density at radius 3 is 2.86 bits per heavy atom. The van der Waals surface area contributed by atoms with Crippen molar-refractivity contribution in [2.45, 2.75) is 33.1 Å². The van der Waals surface area contributed by atoms with Crippen LogP contribution in [0.1, 0.15) is 31.1 Å². The second-order valence-electron chi connectivity index (χ2n) is 3.86. The molecule has 0 unspecified atom stereocenters. The predicted octanol–water partition coefficient (Wildman–Crippen LogP) is 4.08. The number of furan rings is 1. The van der Waals surface area contributed by atoms with Crippen LogP contribution >= 0.6 is 0 Å². The van der Waals surface area contributed by atoms with E-state index in [1.165, 1.54) is 23.8 Å². The van der Waals surface area contributed by atoms with Gasteiger partial charge in [-0.1, -0.05) is 25.0 Å². The van der Waals surface area contributed by atoms with Crippen molar-refractivity contribution in [3.63, 3.8) is 0 Å². The molecule has 0 radical (unpaired) electrons. The van der Waals surface area contributed by atoms with Crippen molar-refractivity contribution in [2.24, 2.45) is 0 Å². The summed E-state index contributed by atoms with van der Waals surface area (Å²) in [4.78, 5) is 0. The lowest BCUT2D eigenvalue weighted by Crippen LogP contribution is -1.78. The highest BCUT2D eigenvalue weighted by molar-refractivity contribution is 5.78. The maximum absolute atomic E-state index is 5.73. The van der Waals surface area contributed by atoms with Crippen molar-refractivity contribution in [3.05, 3.63) is 35.6 Å². The van der Waals surface area contributed by atoms with Crippen LogP contribution in [0.2, 0.25) is 0 Å². The largest absolute Gasteiger partial charge is 0.461 e. The van der Waals surface area contributed by atoms with E-state index in [0.717, 1.165) is 17.8 Å². The van der Waals surface area contributed by atoms with Crippen LogP contribution in [0.4, 0.5) is 0 Å². The minimum atomic E-state index is 1.02. The van der Waals surface area contributed by atoms with Gasteiger partial charge in [-0.3, -0.25) is 0 Å². The molecule has 1 nitrogen and oxygen atoms in total. The third-order valence-electron chi connectivity index (χ3n) is 2.50. The Balaban J connectivity index is 2.32. The number of unbranched alkanes of at least 4 members (excludes halogenated alkanes) is 1. The highest BCUT2D eigenvalue weighted by atomic mass is 16.3. The predicted molar refractivity (Wildman–Crippen MR) is 59.6 cm³/mol. The lowest BCUT2D eigenvalue weighted by atomic mass is 10.1. The average molecular weight is 188 g/mol. The molecule has 0 atom stereocenters. The van der Waals surface area contributed by atoms with Gasteiger partial charge >= 0.3 is 0 Å². The van der Waals surface area contributed by atoms with Gasteiger partial charge in [0.15, 0.2) is 0 Å². The zero-order valence-corrected chi connectivity index (χ0v) is 8.84. The molecule has 1 heteroatoms. The summed E-state index contributed by atoms with van der Waals surface area (Å²) in [5, 5.41) is 1.23. The molecule has 1 heterocycles. The maximum Gasteiger partial charge on any atom is 0.134 e. The fraction of sp³-hybridized carbons (Fsp3) is 0.385. The van der Waals surface area contributed by atoms with Gasteiger partial charge in [0.25, 0.3) is 0 Å². The third kappa shape index (κ3) is 1.82. The normalized spacial score (nSPS) is 11.0. The quantitative estimate of drug-likeness (QED) is 0.707. The first kappa shape index (κ1) is 9.32. The summed E-state index contributed by atoms with van der Waals surface area (Å²) >= 11 is 0.